The number of carbonyl (C=O) groups excluding carboxylic acids is 1. The SMILES string of the molecule is O=C(NCC1CCCO1)[C@H](Cc1ccccc1)n1c(=O)[nH]c2ccccc2c1=O. The van der Waals surface area contributed by atoms with Crippen LogP contribution >= 0.6 is 0 Å². The van der Waals surface area contributed by atoms with Crippen LogP contribution in [0.5, 0.6) is 0 Å². The van der Waals surface area contributed by atoms with E-state index in [0.717, 1.165) is 23.0 Å². The summed E-state index contributed by atoms with van der Waals surface area (Å²) in [7, 11) is 0. The van der Waals surface area contributed by atoms with Crippen molar-refractivity contribution in [3.05, 3.63) is 81.0 Å². The Balaban J connectivity index is 1.71. The van der Waals surface area contributed by atoms with E-state index in [2.05, 4.69) is 10.3 Å². The maximum atomic E-state index is 13.1. The molecule has 2 heterocycles. The molecule has 0 radical (unpaired) electrons. The van der Waals surface area contributed by atoms with Crippen molar-refractivity contribution in [3.8, 4) is 0 Å². The second-order valence-electron chi connectivity index (χ2n) is 7.24. The number of amides is 1. The first kappa shape index (κ1) is 19.1. The molecule has 2 atom stereocenters. The van der Waals surface area contributed by atoms with Gasteiger partial charge in [0.25, 0.3) is 5.56 Å². The molecule has 0 saturated carbocycles. The number of H-pyrrole nitrogens is 1. The van der Waals surface area contributed by atoms with E-state index in [9.17, 15) is 14.4 Å². The maximum absolute atomic E-state index is 13.1. The zero-order valence-electron chi connectivity index (χ0n) is 16.0. The lowest BCUT2D eigenvalue weighted by Crippen LogP contribution is -2.46. The van der Waals surface area contributed by atoms with E-state index in [1.807, 2.05) is 30.3 Å². The fraction of sp³-hybridized carbons (Fsp3) is 0.318. The highest BCUT2D eigenvalue weighted by atomic mass is 16.5. The number of benzene rings is 2. The lowest BCUT2D eigenvalue weighted by Gasteiger charge is -2.20. The van der Waals surface area contributed by atoms with E-state index < -0.39 is 17.3 Å². The number of aromatic amines is 1. The van der Waals surface area contributed by atoms with Gasteiger partial charge in [-0.1, -0.05) is 42.5 Å². The maximum Gasteiger partial charge on any atom is 0.329 e. The van der Waals surface area contributed by atoms with Crippen molar-refractivity contribution in [2.24, 2.45) is 0 Å². The van der Waals surface area contributed by atoms with E-state index in [4.69, 9.17) is 4.74 Å². The minimum Gasteiger partial charge on any atom is -0.376 e. The molecule has 1 saturated heterocycles. The van der Waals surface area contributed by atoms with Crippen LogP contribution in [0.25, 0.3) is 10.9 Å². The van der Waals surface area contributed by atoms with E-state index in [1.54, 1.807) is 24.3 Å². The first-order chi connectivity index (χ1) is 14.1. The van der Waals surface area contributed by atoms with E-state index in [0.29, 0.717) is 24.1 Å². The van der Waals surface area contributed by atoms with Crippen LogP contribution in [0.4, 0.5) is 0 Å². The van der Waals surface area contributed by atoms with Crippen LogP contribution in [0.1, 0.15) is 24.4 Å². The average molecular weight is 393 g/mol. The number of carbonyl (C=O) groups is 1. The van der Waals surface area contributed by atoms with Gasteiger partial charge in [0.1, 0.15) is 6.04 Å². The summed E-state index contributed by atoms with van der Waals surface area (Å²) in [5.41, 5.74) is 0.251. The largest absolute Gasteiger partial charge is 0.376 e. The lowest BCUT2D eigenvalue weighted by atomic mass is 10.0. The molecule has 0 bridgehead atoms. The van der Waals surface area contributed by atoms with Crippen LogP contribution in [0.2, 0.25) is 0 Å². The number of para-hydroxylation sites is 1. The van der Waals surface area contributed by atoms with Crippen molar-refractivity contribution in [1.82, 2.24) is 14.9 Å². The number of hydrogen-bond acceptors (Lipinski definition) is 4. The minimum absolute atomic E-state index is 0.0251. The Labute approximate surface area is 167 Å². The molecule has 2 aromatic carbocycles. The van der Waals surface area contributed by atoms with Crippen molar-refractivity contribution >= 4 is 16.8 Å². The molecule has 4 rings (SSSR count). The molecule has 1 aromatic heterocycles. The van der Waals surface area contributed by atoms with Gasteiger partial charge in [-0.15, -0.1) is 0 Å². The fourth-order valence-corrected chi connectivity index (χ4v) is 3.74. The Bertz CT molecular complexity index is 1110. The van der Waals surface area contributed by atoms with E-state index >= 15 is 0 Å². The van der Waals surface area contributed by atoms with E-state index in [-0.39, 0.29) is 18.4 Å². The predicted octanol–water partition coefficient (Wildman–Crippen LogP) is 1.77. The second kappa shape index (κ2) is 8.45. The van der Waals surface area contributed by atoms with Crippen LogP contribution in [0.15, 0.2) is 64.2 Å². The molecule has 0 spiro atoms. The Morgan fingerprint density at radius 1 is 1.14 bits per heavy atom. The van der Waals surface area contributed by atoms with Crippen molar-refractivity contribution in [3.63, 3.8) is 0 Å². The van der Waals surface area contributed by atoms with Gasteiger partial charge in [0.15, 0.2) is 0 Å². The molecule has 1 aliphatic heterocycles. The Kier molecular flexibility index (Phi) is 5.57. The van der Waals surface area contributed by atoms with Crippen LogP contribution in [0.3, 0.4) is 0 Å². The van der Waals surface area contributed by atoms with Crippen LogP contribution < -0.4 is 16.6 Å². The van der Waals surface area contributed by atoms with Crippen LogP contribution in [-0.2, 0) is 16.0 Å². The summed E-state index contributed by atoms with van der Waals surface area (Å²) >= 11 is 0. The number of ether oxygens (including phenoxy) is 1. The zero-order chi connectivity index (χ0) is 20.2. The first-order valence-corrected chi connectivity index (χ1v) is 9.80. The summed E-state index contributed by atoms with van der Waals surface area (Å²) in [6.07, 6.45) is 2.07. The van der Waals surface area contributed by atoms with Crippen molar-refractivity contribution < 1.29 is 9.53 Å². The molecular formula is C22H23N3O4. The third kappa shape index (κ3) is 4.14. The summed E-state index contributed by atoms with van der Waals surface area (Å²) in [4.78, 5) is 41.6. The predicted molar refractivity (Wildman–Crippen MR) is 110 cm³/mol. The molecule has 150 valence electrons. The third-order valence-electron chi connectivity index (χ3n) is 5.25. The number of rotatable bonds is 6. The van der Waals surface area contributed by atoms with Gasteiger partial charge in [0.2, 0.25) is 5.91 Å². The molecule has 1 unspecified atom stereocenters. The molecule has 1 aliphatic rings. The highest BCUT2D eigenvalue weighted by molar-refractivity contribution is 5.82. The molecule has 2 N–H and O–H groups in total. The van der Waals surface area contributed by atoms with Gasteiger partial charge in [-0.3, -0.25) is 9.59 Å². The Hall–Kier alpha value is -3.19. The molecule has 1 amide bonds. The summed E-state index contributed by atoms with van der Waals surface area (Å²) in [6.45, 7) is 1.06. The number of aromatic nitrogens is 2. The number of nitrogens with one attached hydrogen (secondary N) is 2. The summed E-state index contributed by atoms with van der Waals surface area (Å²) in [5.74, 6) is -0.368. The van der Waals surface area contributed by atoms with E-state index in [1.165, 1.54) is 0 Å². The number of fused-ring (bicyclic) bond motifs is 1. The van der Waals surface area contributed by atoms with Gasteiger partial charge in [0, 0.05) is 19.6 Å². The normalized spacial score (nSPS) is 17.3. The van der Waals surface area contributed by atoms with Gasteiger partial charge in [-0.25, -0.2) is 9.36 Å². The van der Waals surface area contributed by atoms with Crippen LogP contribution in [0, 0.1) is 0 Å². The first-order valence-electron chi connectivity index (χ1n) is 9.80. The molecular weight excluding hydrogens is 370 g/mol. The second-order valence-corrected chi connectivity index (χ2v) is 7.24. The molecule has 7 nitrogen and oxygen atoms in total. The Morgan fingerprint density at radius 3 is 2.66 bits per heavy atom. The summed E-state index contributed by atoms with van der Waals surface area (Å²) in [5, 5.41) is 3.24. The molecule has 7 heteroatoms. The number of nitrogens with zero attached hydrogens (tertiary/aromatic N) is 1. The average Bonchev–Trinajstić information content (AvgIpc) is 3.26. The fourth-order valence-electron chi connectivity index (χ4n) is 3.74. The van der Waals surface area contributed by atoms with Crippen molar-refractivity contribution in [2.45, 2.75) is 31.4 Å². The third-order valence-corrected chi connectivity index (χ3v) is 5.25. The number of hydrogen-bond donors (Lipinski definition) is 2. The molecule has 29 heavy (non-hydrogen) atoms. The van der Waals surface area contributed by atoms with Crippen molar-refractivity contribution in [2.75, 3.05) is 13.2 Å². The molecule has 3 aromatic rings. The van der Waals surface area contributed by atoms with Gasteiger partial charge >= 0.3 is 5.69 Å². The lowest BCUT2D eigenvalue weighted by molar-refractivity contribution is -0.125. The monoisotopic (exact) mass is 393 g/mol. The van der Waals surface area contributed by atoms with Gasteiger partial charge < -0.3 is 15.0 Å². The highest BCUT2D eigenvalue weighted by Crippen LogP contribution is 2.15. The quantitative estimate of drug-likeness (QED) is 0.668. The van der Waals surface area contributed by atoms with Gasteiger partial charge in [-0.2, -0.15) is 0 Å². The topological polar surface area (TPSA) is 93.2 Å². The minimum atomic E-state index is -0.959. The summed E-state index contributed by atoms with van der Waals surface area (Å²) < 4.78 is 6.59. The van der Waals surface area contributed by atoms with Crippen LogP contribution in [-0.4, -0.2) is 34.7 Å². The standard InChI is InChI=1S/C22H23N3O4/c26-20(23-14-16-9-6-12-29-16)19(13-15-7-2-1-3-8-15)25-21(27)17-10-4-5-11-18(17)24-22(25)28/h1-5,7-8,10-11,16,19H,6,9,12-14H2,(H,23,26)(H,24,28)/t16?,19-/m0/s1. The van der Waals surface area contributed by atoms with Gasteiger partial charge in [0.05, 0.1) is 17.0 Å². The zero-order valence-corrected chi connectivity index (χ0v) is 16.0. The Morgan fingerprint density at radius 2 is 1.90 bits per heavy atom. The molecule has 0 aliphatic carbocycles. The molecule has 1 fully saturated rings. The van der Waals surface area contributed by atoms with Gasteiger partial charge in [-0.05, 0) is 30.5 Å². The summed E-state index contributed by atoms with van der Waals surface area (Å²) in [6, 6.07) is 15.2. The smallest absolute Gasteiger partial charge is 0.329 e. The van der Waals surface area contributed by atoms with Crippen molar-refractivity contribution in [1.29, 1.82) is 0 Å². The highest BCUT2D eigenvalue weighted by Gasteiger charge is 2.26.